The van der Waals surface area contributed by atoms with Gasteiger partial charge in [-0.25, -0.2) is 0 Å². The fourth-order valence-electron chi connectivity index (χ4n) is 3.94. The Balaban J connectivity index is 1.32. The van der Waals surface area contributed by atoms with Crippen molar-refractivity contribution in [2.24, 2.45) is 5.73 Å². The number of carbonyl (C=O) groups is 2. The molecule has 2 saturated heterocycles. The SMILES string of the molecule is N=C(N)c1ccc(COc2cc(C3CCC(=O)N(CC(=O)N4CCOCC4)C3)[nH]n2)cc1. The van der Waals surface area contributed by atoms with Crippen LogP contribution in [0.1, 0.15) is 35.6 Å². The van der Waals surface area contributed by atoms with Crippen LogP contribution in [0, 0.1) is 5.41 Å². The molecule has 2 aromatic rings. The largest absolute Gasteiger partial charge is 0.472 e. The van der Waals surface area contributed by atoms with Gasteiger partial charge in [0.25, 0.3) is 0 Å². The Morgan fingerprint density at radius 3 is 2.75 bits per heavy atom. The number of benzene rings is 1. The molecule has 1 atom stereocenters. The molecule has 0 aliphatic carbocycles. The smallest absolute Gasteiger partial charge is 0.242 e. The van der Waals surface area contributed by atoms with Crippen molar-refractivity contribution in [3.05, 3.63) is 47.2 Å². The third-order valence-corrected chi connectivity index (χ3v) is 5.86. The summed E-state index contributed by atoms with van der Waals surface area (Å²) in [6, 6.07) is 9.14. The van der Waals surface area contributed by atoms with E-state index in [-0.39, 0.29) is 30.1 Å². The second kappa shape index (κ2) is 9.82. The number of nitrogens with one attached hydrogen (secondary N) is 2. The van der Waals surface area contributed by atoms with Gasteiger partial charge in [-0.1, -0.05) is 24.3 Å². The number of carbonyl (C=O) groups excluding carboxylic acids is 2. The van der Waals surface area contributed by atoms with Crippen molar-refractivity contribution in [2.45, 2.75) is 25.4 Å². The van der Waals surface area contributed by atoms with E-state index in [9.17, 15) is 9.59 Å². The quantitative estimate of drug-likeness (QED) is 0.431. The number of nitrogen functional groups attached to an aromatic ring is 1. The average Bonchev–Trinajstić information content (AvgIpc) is 3.29. The van der Waals surface area contributed by atoms with E-state index in [0.29, 0.717) is 63.7 Å². The van der Waals surface area contributed by atoms with Crippen LogP contribution in [0.15, 0.2) is 30.3 Å². The Morgan fingerprint density at radius 1 is 1.28 bits per heavy atom. The van der Waals surface area contributed by atoms with Gasteiger partial charge >= 0.3 is 0 Å². The van der Waals surface area contributed by atoms with E-state index < -0.39 is 0 Å². The number of morpholine rings is 1. The third kappa shape index (κ3) is 5.25. The summed E-state index contributed by atoms with van der Waals surface area (Å²) >= 11 is 0. The minimum Gasteiger partial charge on any atom is -0.472 e. The summed E-state index contributed by atoms with van der Waals surface area (Å²) in [4.78, 5) is 28.3. The van der Waals surface area contributed by atoms with E-state index in [1.54, 1.807) is 21.9 Å². The number of nitrogens with zero attached hydrogens (tertiary/aromatic N) is 3. The predicted octanol–water partition coefficient (Wildman–Crippen LogP) is 0.838. The first-order valence-corrected chi connectivity index (χ1v) is 10.7. The van der Waals surface area contributed by atoms with Gasteiger partial charge in [-0.15, -0.1) is 5.10 Å². The number of hydrogen-bond acceptors (Lipinski definition) is 6. The molecule has 170 valence electrons. The van der Waals surface area contributed by atoms with E-state index in [1.165, 1.54) is 0 Å². The second-order valence-electron chi connectivity index (χ2n) is 8.06. The molecule has 1 aromatic carbocycles. The maximum Gasteiger partial charge on any atom is 0.242 e. The number of aromatic nitrogens is 2. The van der Waals surface area contributed by atoms with E-state index in [2.05, 4.69) is 10.2 Å². The van der Waals surface area contributed by atoms with Gasteiger partial charge in [0.2, 0.25) is 17.7 Å². The lowest BCUT2D eigenvalue weighted by molar-refractivity contribution is -0.144. The van der Waals surface area contributed by atoms with Crippen LogP contribution in [0.3, 0.4) is 0 Å². The molecular weight excluding hydrogens is 412 g/mol. The van der Waals surface area contributed by atoms with Crippen molar-refractivity contribution < 1.29 is 19.1 Å². The van der Waals surface area contributed by atoms with Gasteiger partial charge in [-0.3, -0.25) is 20.1 Å². The molecule has 0 radical (unpaired) electrons. The predicted molar refractivity (Wildman–Crippen MR) is 116 cm³/mol. The van der Waals surface area contributed by atoms with Gasteiger partial charge in [0.15, 0.2) is 0 Å². The maximum atomic E-state index is 12.6. The van der Waals surface area contributed by atoms with Crippen molar-refractivity contribution in [3.63, 3.8) is 0 Å². The molecule has 1 aromatic heterocycles. The van der Waals surface area contributed by atoms with Gasteiger partial charge < -0.3 is 25.0 Å². The molecule has 2 amide bonds. The van der Waals surface area contributed by atoms with Crippen LogP contribution < -0.4 is 10.5 Å². The summed E-state index contributed by atoms with van der Waals surface area (Å²) in [5.74, 6) is 0.550. The number of H-pyrrole nitrogens is 1. The molecule has 0 bridgehead atoms. The van der Waals surface area contributed by atoms with Crippen molar-refractivity contribution in [1.82, 2.24) is 20.0 Å². The summed E-state index contributed by atoms with van der Waals surface area (Å²) in [5, 5.41) is 14.7. The van der Waals surface area contributed by atoms with Gasteiger partial charge in [-0.2, -0.15) is 0 Å². The summed E-state index contributed by atoms with van der Waals surface area (Å²) < 4.78 is 11.1. The Labute approximate surface area is 186 Å². The maximum absolute atomic E-state index is 12.6. The van der Waals surface area contributed by atoms with E-state index in [4.69, 9.17) is 20.6 Å². The number of hydrogen-bond donors (Lipinski definition) is 3. The molecule has 10 nitrogen and oxygen atoms in total. The van der Waals surface area contributed by atoms with E-state index in [1.807, 2.05) is 18.2 Å². The minimum absolute atomic E-state index is 0.00727. The van der Waals surface area contributed by atoms with Crippen LogP contribution in [0.2, 0.25) is 0 Å². The molecule has 0 saturated carbocycles. The first-order chi connectivity index (χ1) is 15.5. The van der Waals surface area contributed by atoms with E-state index in [0.717, 1.165) is 11.3 Å². The Bertz CT molecular complexity index is 967. The molecule has 0 spiro atoms. The van der Waals surface area contributed by atoms with Crippen LogP contribution in [0.4, 0.5) is 0 Å². The molecule has 32 heavy (non-hydrogen) atoms. The number of nitrogens with two attached hydrogens (primary N) is 1. The summed E-state index contributed by atoms with van der Waals surface area (Å²) in [7, 11) is 0. The van der Waals surface area contributed by atoms with Crippen molar-refractivity contribution in [3.8, 4) is 5.88 Å². The highest BCUT2D eigenvalue weighted by Gasteiger charge is 2.30. The number of amides is 2. The van der Waals surface area contributed by atoms with Crippen molar-refractivity contribution in [1.29, 1.82) is 5.41 Å². The molecule has 1 unspecified atom stereocenters. The highest BCUT2D eigenvalue weighted by molar-refractivity contribution is 5.94. The molecular formula is C22H28N6O4. The fraction of sp³-hybridized carbons (Fsp3) is 0.455. The first-order valence-electron chi connectivity index (χ1n) is 10.7. The Hall–Kier alpha value is -3.40. The Morgan fingerprint density at radius 2 is 2.03 bits per heavy atom. The van der Waals surface area contributed by atoms with Crippen LogP contribution in [-0.2, 0) is 20.9 Å². The second-order valence-corrected chi connectivity index (χ2v) is 8.06. The normalized spacial score (nSPS) is 19.1. The lowest BCUT2D eigenvalue weighted by Gasteiger charge is -2.34. The average molecular weight is 441 g/mol. The lowest BCUT2D eigenvalue weighted by Crippen LogP contribution is -2.49. The molecule has 2 aliphatic heterocycles. The van der Waals surface area contributed by atoms with Gasteiger partial charge in [0, 0.05) is 49.3 Å². The number of aromatic amines is 1. The summed E-state index contributed by atoms with van der Waals surface area (Å²) in [6.07, 6.45) is 1.11. The van der Waals surface area contributed by atoms with Crippen molar-refractivity contribution >= 4 is 17.6 Å². The van der Waals surface area contributed by atoms with Crippen LogP contribution in [-0.4, -0.2) is 77.0 Å². The number of likely N-dealkylation sites (tertiary alicyclic amines) is 1. The monoisotopic (exact) mass is 440 g/mol. The molecule has 3 heterocycles. The zero-order valence-electron chi connectivity index (χ0n) is 17.9. The highest BCUT2D eigenvalue weighted by atomic mass is 16.5. The van der Waals surface area contributed by atoms with Gasteiger partial charge in [0.1, 0.15) is 12.4 Å². The first kappa shape index (κ1) is 21.8. The zero-order valence-corrected chi connectivity index (χ0v) is 17.9. The highest BCUT2D eigenvalue weighted by Crippen LogP contribution is 2.28. The molecule has 10 heteroatoms. The zero-order chi connectivity index (χ0) is 22.5. The summed E-state index contributed by atoms with van der Waals surface area (Å²) in [5.41, 5.74) is 7.97. The molecule has 4 N–H and O–H groups in total. The minimum atomic E-state index is -0.0354. The van der Waals surface area contributed by atoms with Crippen molar-refractivity contribution in [2.75, 3.05) is 39.4 Å². The topological polar surface area (TPSA) is 138 Å². The van der Waals surface area contributed by atoms with Crippen LogP contribution >= 0.6 is 0 Å². The number of ether oxygens (including phenoxy) is 2. The van der Waals surface area contributed by atoms with E-state index >= 15 is 0 Å². The van der Waals surface area contributed by atoms with Gasteiger partial charge in [-0.05, 0) is 12.0 Å². The lowest BCUT2D eigenvalue weighted by atomic mass is 9.94. The van der Waals surface area contributed by atoms with Gasteiger partial charge in [0.05, 0.1) is 19.8 Å². The summed E-state index contributed by atoms with van der Waals surface area (Å²) in [6.45, 7) is 3.14. The Kier molecular flexibility index (Phi) is 6.69. The number of amidine groups is 1. The third-order valence-electron chi connectivity index (χ3n) is 5.86. The number of rotatable bonds is 7. The molecule has 4 rings (SSSR count). The van der Waals surface area contributed by atoms with Crippen LogP contribution in [0.25, 0.3) is 0 Å². The van der Waals surface area contributed by atoms with Crippen LogP contribution in [0.5, 0.6) is 5.88 Å². The fourth-order valence-corrected chi connectivity index (χ4v) is 3.94. The molecule has 2 fully saturated rings. The number of piperidine rings is 1. The molecule has 2 aliphatic rings. The standard InChI is InChI=1S/C22H28N6O4/c23-22(24)16-3-1-15(2-4-16)14-32-19-11-18(25-26-19)17-5-6-20(29)28(12-17)13-21(30)27-7-9-31-10-8-27/h1-4,11,17H,5-10,12-14H2,(H3,23,24)(H,25,26).